The molecular formula is C20H26N2O2S. The van der Waals surface area contributed by atoms with E-state index in [1.807, 2.05) is 23.6 Å². The summed E-state index contributed by atoms with van der Waals surface area (Å²) in [5.41, 5.74) is 2.53. The van der Waals surface area contributed by atoms with Crippen molar-refractivity contribution in [3.63, 3.8) is 0 Å². The van der Waals surface area contributed by atoms with Crippen LogP contribution in [-0.2, 0) is 22.6 Å². The Balaban J connectivity index is 1.32. The maximum Gasteiger partial charge on any atom is 0.0841 e. The van der Waals surface area contributed by atoms with Crippen LogP contribution in [-0.4, -0.2) is 41.3 Å². The number of rotatable bonds is 5. The highest BCUT2D eigenvalue weighted by atomic mass is 32.1. The number of hydrogen-bond donors (Lipinski definition) is 0. The number of aryl methyl sites for hydroxylation is 1. The van der Waals surface area contributed by atoms with Crippen LogP contribution in [0.25, 0.3) is 0 Å². The van der Waals surface area contributed by atoms with Gasteiger partial charge in [-0.15, -0.1) is 11.3 Å². The molecule has 0 aromatic carbocycles. The largest absolute Gasteiger partial charge is 0.371 e. The summed E-state index contributed by atoms with van der Waals surface area (Å²) < 4.78 is 12.4. The summed E-state index contributed by atoms with van der Waals surface area (Å²) >= 11 is 1.87. The Morgan fingerprint density at radius 3 is 3.20 bits per heavy atom. The van der Waals surface area contributed by atoms with Gasteiger partial charge in [0.05, 0.1) is 24.9 Å². The van der Waals surface area contributed by atoms with Crippen LogP contribution >= 0.6 is 11.3 Å². The van der Waals surface area contributed by atoms with Gasteiger partial charge in [0.1, 0.15) is 0 Å². The summed E-state index contributed by atoms with van der Waals surface area (Å²) in [6.45, 7) is 6.79. The van der Waals surface area contributed by atoms with Gasteiger partial charge in [0.25, 0.3) is 0 Å². The van der Waals surface area contributed by atoms with Crippen LogP contribution in [0.15, 0.2) is 36.0 Å². The predicted molar refractivity (Wildman–Crippen MR) is 99.7 cm³/mol. The Bertz CT molecular complexity index is 690. The first-order chi connectivity index (χ1) is 12.2. The van der Waals surface area contributed by atoms with E-state index in [1.165, 1.54) is 23.4 Å². The SMILES string of the molecule is Cc1ccsc1CN1CCC[C@]2(C[C@H](OCc3cccnc3)CO2)C1. The molecule has 0 N–H and O–H groups in total. The number of ether oxygens (including phenoxy) is 2. The lowest BCUT2D eigenvalue weighted by Gasteiger charge is -2.39. The molecule has 2 aromatic heterocycles. The predicted octanol–water partition coefficient (Wildman–Crippen LogP) is 3.79. The van der Waals surface area contributed by atoms with Gasteiger partial charge < -0.3 is 9.47 Å². The molecule has 0 saturated carbocycles. The first-order valence-corrected chi connectivity index (χ1v) is 10.0. The van der Waals surface area contributed by atoms with E-state index < -0.39 is 0 Å². The van der Waals surface area contributed by atoms with Crippen LogP contribution in [0.5, 0.6) is 0 Å². The number of hydrogen-bond acceptors (Lipinski definition) is 5. The summed E-state index contributed by atoms with van der Waals surface area (Å²) in [5.74, 6) is 0. The number of aromatic nitrogens is 1. The molecule has 4 heterocycles. The zero-order valence-electron chi connectivity index (χ0n) is 14.8. The maximum absolute atomic E-state index is 6.28. The molecule has 1 spiro atoms. The van der Waals surface area contributed by atoms with Gasteiger partial charge in [0, 0.05) is 36.8 Å². The van der Waals surface area contributed by atoms with Crippen molar-refractivity contribution < 1.29 is 9.47 Å². The van der Waals surface area contributed by atoms with Gasteiger partial charge in [-0.1, -0.05) is 6.07 Å². The Morgan fingerprint density at radius 2 is 2.40 bits per heavy atom. The molecule has 0 unspecified atom stereocenters. The van der Waals surface area contributed by atoms with Crippen molar-refractivity contribution >= 4 is 11.3 Å². The smallest absolute Gasteiger partial charge is 0.0841 e. The number of nitrogens with zero attached hydrogens (tertiary/aromatic N) is 2. The van der Waals surface area contributed by atoms with E-state index in [-0.39, 0.29) is 11.7 Å². The highest BCUT2D eigenvalue weighted by Gasteiger charge is 2.43. The third-order valence-corrected chi connectivity index (χ3v) is 6.35. The van der Waals surface area contributed by atoms with Crippen molar-refractivity contribution in [2.24, 2.45) is 0 Å². The third-order valence-electron chi connectivity index (χ3n) is 5.34. The molecule has 2 aliphatic heterocycles. The minimum atomic E-state index is -0.0109. The molecule has 5 heteroatoms. The minimum absolute atomic E-state index is 0.0109. The third kappa shape index (κ3) is 4.11. The summed E-state index contributed by atoms with van der Waals surface area (Å²) in [4.78, 5) is 8.20. The van der Waals surface area contributed by atoms with E-state index in [1.54, 1.807) is 6.20 Å². The monoisotopic (exact) mass is 358 g/mol. The fraction of sp³-hybridized carbons (Fsp3) is 0.550. The number of likely N-dealkylation sites (tertiary alicyclic amines) is 1. The van der Waals surface area contributed by atoms with E-state index in [2.05, 4.69) is 34.3 Å². The fourth-order valence-electron chi connectivity index (χ4n) is 3.99. The van der Waals surface area contributed by atoms with Crippen LogP contribution in [0.3, 0.4) is 0 Å². The molecule has 2 aliphatic rings. The lowest BCUT2D eigenvalue weighted by atomic mass is 9.89. The van der Waals surface area contributed by atoms with Crippen molar-refractivity contribution in [3.05, 3.63) is 52.0 Å². The van der Waals surface area contributed by atoms with Gasteiger partial charge in [-0.25, -0.2) is 0 Å². The minimum Gasteiger partial charge on any atom is -0.371 e. The van der Waals surface area contributed by atoms with E-state index in [0.717, 1.165) is 31.5 Å². The molecule has 0 radical (unpaired) electrons. The number of piperidine rings is 1. The average molecular weight is 359 g/mol. The molecule has 134 valence electrons. The summed E-state index contributed by atoms with van der Waals surface area (Å²) in [6, 6.07) is 6.23. The maximum atomic E-state index is 6.28. The molecule has 0 aliphatic carbocycles. The van der Waals surface area contributed by atoms with E-state index in [9.17, 15) is 0 Å². The quantitative estimate of drug-likeness (QED) is 0.814. The number of pyridine rings is 1. The van der Waals surface area contributed by atoms with Crippen LogP contribution < -0.4 is 0 Å². The second-order valence-corrected chi connectivity index (χ2v) is 8.33. The van der Waals surface area contributed by atoms with E-state index in [0.29, 0.717) is 13.2 Å². The Hall–Kier alpha value is -1.27. The van der Waals surface area contributed by atoms with Gasteiger partial charge in [0.2, 0.25) is 0 Å². The topological polar surface area (TPSA) is 34.6 Å². The summed E-state index contributed by atoms with van der Waals surface area (Å²) in [5, 5.41) is 2.19. The van der Waals surface area contributed by atoms with Crippen LogP contribution in [0.1, 0.15) is 35.3 Å². The molecule has 4 rings (SSSR count). The van der Waals surface area contributed by atoms with Crippen molar-refractivity contribution in [2.75, 3.05) is 19.7 Å². The summed E-state index contributed by atoms with van der Waals surface area (Å²) in [7, 11) is 0. The average Bonchev–Trinajstić information content (AvgIpc) is 3.21. The van der Waals surface area contributed by atoms with Gasteiger partial charge in [-0.05, 0) is 54.9 Å². The molecule has 2 fully saturated rings. The Morgan fingerprint density at radius 1 is 1.44 bits per heavy atom. The fourth-order valence-corrected chi connectivity index (χ4v) is 4.93. The van der Waals surface area contributed by atoms with Crippen LogP contribution in [0.2, 0.25) is 0 Å². The van der Waals surface area contributed by atoms with E-state index in [4.69, 9.17) is 9.47 Å². The molecule has 2 aromatic rings. The molecular weight excluding hydrogens is 332 g/mol. The molecule has 25 heavy (non-hydrogen) atoms. The van der Waals surface area contributed by atoms with Gasteiger partial charge in [-0.3, -0.25) is 9.88 Å². The van der Waals surface area contributed by atoms with Gasteiger partial charge >= 0.3 is 0 Å². The molecule has 4 nitrogen and oxygen atoms in total. The first kappa shape index (κ1) is 17.2. The lowest BCUT2D eigenvalue weighted by molar-refractivity contribution is -0.0546. The molecule has 2 atom stereocenters. The Labute approximate surface area is 153 Å². The molecule has 0 amide bonds. The second kappa shape index (κ2) is 7.54. The molecule has 2 saturated heterocycles. The molecule has 0 bridgehead atoms. The number of thiophene rings is 1. The standard InChI is InChI=1S/C20H26N2O2S/c1-16-5-9-25-19(16)12-22-8-3-6-20(15-22)10-18(14-24-20)23-13-17-4-2-7-21-11-17/h2,4-5,7,9,11,18H,3,6,8,10,12-15H2,1H3/t18-,20-/m0/s1. The van der Waals surface area contributed by atoms with Crippen molar-refractivity contribution in [2.45, 2.75) is 51.0 Å². The van der Waals surface area contributed by atoms with Crippen molar-refractivity contribution in [1.82, 2.24) is 9.88 Å². The highest BCUT2D eigenvalue weighted by Crippen LogP contribution is 2.36. The van der Waals surface area contributed by atoms with E-state index >= 15 is 0 Å². The lowest BCUT2D eigenvalue weighted by Crippen LogP contribution is -2.47. The summed E-state index contributed by atoms with van der Waals surface area (Å²) in [6.07, 6.45) is 7.23. The van der Waals surface area contributed by atoms with Crippen molar-refractivity contribution in [1.29, 1.82) is 0 Å². The first-order valence-electron chi connectivity index (χ1n) is 9.12. The zero-order valence-corrected chi connectivity index (χ0v) is 15.6. The van der Waals surface area contributed by atoms with Crippen LogP contribution in [0, 0.1) is 6.92 Å². The second-order valence-electron chi connectivity index (χ2n) is 7.33. The van der Waals surface area contributed by atoms with Crippen LogP contribution in [0.4, 0.5) is 0 Å². The Kier molecular flexibility index (Phi) is 5.17. The normalized spacial score (nSPS) is 27.2. The van der Waals surface area contributed by atoms with Gasteiger partial charge in [0.15, 0.2) is 0 Å². The highest BCUT2D eigenvalue weighted by molar-refractivity contribution is 7.10. The zero-order chi connectivity index (χ0) is 17.1. The van der Waals surface area contributed by atoms with Gasteiger partial charge in [-0.2, -0.15) is 0 Å². The van der Waals surface area contributed by atoms with Crippen molar-refractivity contribution in [3.8, 4) is 0 Å².